The topological polar surface area (TPSA) is 18.5 Å². The molecular formula is C25H52O2Si2. The molecule has 5 atom stereocenters. The molecular weight excluding hydrogens is 388 g/mol. The van der Waals surface area contributed by atoms with Gasteiger partial charge >= 0.3 is 0 Å². The van der Waals surface area contributed by atoms with Crippen molar-refractivity contribution in [2.45, 2.75) is 130 Å². The molecule has 0 aromatic rings. The normalized spacial score (nSPS) is 31.7. The van der Waals surface area contributed by atoms with Crippen LogP contribution in [0.15, 0.2) is 0 Å². The molecule has 2 aliphatic rings. The summed E-state index contributed by atoms with van der Waals surface area (Å²) in [7, 11) is -3.00. The van der Waals surface area contributed by atoms with E-state index in [0.717, 1.165) is 18.4 Å². The molecule has 2 saturated carbocycles. The molecule has 0 heterocycles. The molecule has 4 unspecified atom stereocenters. The van der Waals surface area contributed by atoms with E-state index in [0.29, 0.717) is 17.4 Å². The summed E-state index contributed by atoms with van der Waals surface area (Å²) in [5.41, 5.74) is 0.468. The van der Waals surface area contributed by atoms with Crippen molar-refractivity contribution in [1.82, 2.24) is 0 Å². The van der Waals surface area contributed by atoms with Gasteiger partial charge in [0.2, 0.25) is 0 Å². The molecule has 172 valence electrons. The highest BCUT2D eigenvalue weighted by atomic mass is 28.4. The van der Waals surface area contributed by atoms with Crippen LogP contribution in [0.1, 0.15) is 87.5 Å². The minimum absolute atomic E-state index is 0.468. The van der Waals surface area contributed by atoms with Crippen molar-refractivity contribution >= 4 is 16.6 Å². The maximum absolute atomic E-state index is 7.11. The van der Waals surface area contributed by atoms with E-state index in [1.807, 2.05) is 0 Å². The van der Waals surface area contributed by atoms with E-state index in [9.17, 15) is 0 Å². The second-order valence-corrected chi connectivity index (χ2v) is 20.1. The van der Waals surface area contributed by atoms with E-state index in [1.54, 1.807) is 0 Å². The average Bonchev–Trinajstić information content (AvgIpc) is 3.11. The second kappa shape index (κ2) is 10.8. The first kappa shape index (κ1) is 25.6. The minimum Gasteiger partial charge on any atom is -0.417 e. The Bertz CT molecular complexity index is 473. The van der Waals surface area contributed by atoms with E-state index in [2.05, 4.69) is 55.4 Å². The first-order valence-electron chi connectivity index (χ1n) is 13.1. The number of rotatable bonds is 12. The Labute approximate surface area is 185 Å². The molecule has 0 N–H and O–H groups in total. The molecule has 0 saturated heterocycles. The van der Waals surface area contributed by atoms with Crippen LogP contribution in [0.25, 0.3) is 0 Å². The zero-order valence-electron chi connectivity index (χ0n) is 21.1. The van der Waals surface area contributed by atoms with Crippen LogP contribution in [0.5, 0.6) is 0 Å². The summed E-state index contributed by atoms with van der Waals surface area (Å²) < 4.78 is 13.9. The molecule has 0 aromatic heterocycles. The van der Waals surface area contributed by atoms with Gasteiger partial charge < -0.3 is 8.85 Å². The third kappa shape index (κ3) is 5.23. The summed E-state index contributed by atoms with van der Waals surface area (Å²) in [6, 6.07) is 7.66. The van der Waals surface area contributed by atoms with Gasteiger partial charge in [-0.05, 0) is 85.1 Å². The Hall–Kier alpha value is 0.354. The molecule has 0 radical (unpaired) electrons. The molecule has 2 fully saturated rings. The van der Waals surface area contributed by atoms with Gasteiger partial charge in [-0.15, -0.1) is 0 Å². The lowest BCUT2D eigenvalue weighted by molar-refractivity contribution is -0.0243. The van der Waals surface area contributed by atoms with Crippen LogP contribution in [0.4, 0.5) is 0 Å². The van der Waals surface area contributed by atoms with E-state index in [1.165, 1.54) is 68.4 Å². The van der Waals surface area contributed by atoms with Crippen molar-refractivity contribution < 1.29 is 8.85 Å². The molecule has 4 heteroatoms. The Balaban J connectivity index is 2.09. The molecule has 0 spiro atoms. The Morgan fingerprint density at radius 3 is 1.90 bits per heavy atom. The fourth-order valence-electron chi connectivity index (χ4n) is 7.04. The Kier molecular flexibility index (Phi) is 9.52. The van der Waals surface area contributed by atoms with Crippen molar-refractivity contribution in [2.75, 3.05) is 6.61 Å². The predicted octanol–water partition coefficient (Wildman–Crippen LogP) is 8.25. The predicted molar refractivity (Wildman–Crippen MR) is 133 cm³/mol. The number of hydrogen-bond acceptors (Lipinski definition) is 2. The third-order valence-corrected chi connectivity index (χ3v) is 19.1. The SMILES string of the molecule is CC[Si](CC)(CC)OC[C@H](C)C1CCC2C(O[Si](CC)(CC)CC)CCCC21C. The lowest BCUT2D eigenvalue weighted by Gasteiger charge is -2.49. The fraction of sp³-hybridized carbons (Fsp3) is 1.00. The van der Waals surface area contributed by atoms with Crippen LogP contribution < -0.4 is 0 Å². The standard InChI is InChI=1S/C25H52O2Si2/c1-9-28(10-2,11-3)26-20-21(7)22-17-18-23-24(16-15-19-25(22,23)8)27-29(12-4,13-5)14-6/h21-24H,9-20H2,1-8H3/t21-,22?,23?,24?,25?/m0/s1. The molecule has 0 aliphatic heterocycles. The van der Waals surface area contributed by atoms with Gasteiger partial charge in [-0.25, -0.2) is 0 Å². The zero-order valence-corrected chi connectivity index (χ0v) is 23.1. The van der Waals surface area contributed by atoms with Crippen molar-refractivity contribution in [2.24, 2.45) is 23.2 Å². The van der Waals surface area contributed by atoms with Gasteiger partial charge in [0.05, 0.1) is 0 Å². The molecule has 0 bridgehead atoms. The van der Waals surface area contributed by atoms with Crippen LogP contribution in [0.2, 0.25) is 36.3 Å². The summed E-state index contributed by atoms with van der Waals surface area (Å²) in [5.74, 6) is 2.29. The fourth-order valence-corrected chi connectivity index (χ4v) is 12.7. The molecule has 0 aromatic carbocycles. The van der Waals surface area contributed by atoms with Crippen LogP contribution in [0, 0.1) is 23.2 Å². The molecule has 0 amide bonds. The van der Waals surface area contributed by atoms with Crippen molar-refractivity contribution in [3.8, 4) is 0 Å². The maximum atomic E-state index is 7.11. The number of fused-ring (bicyclic) bond motifs is 1. The third-order valence-electron chi connectivity index (χ3n) is 9.74. The summed E-state index contributed by atoms with van der Waals surface area (Å²) >= 11 is 0. The molecule has 2 nitrogen and oxygen atoms in total. The quantitative estimate of drug-likeness (QED) is 0.284. The highest BCUT2D eigenvalue weighted by Gasteiger charge is 2.54. The minimum atomic E-state index is -1.52. The van der Waals surface area contributed by atoms with Gasteiger partial charge in [0, 0.05) is 12.7 Å². The van der Waals surface area contributed by atoms with Gasteiger partial charge in [0.25, 0.3) is 0 Å². The molecule has 2 rings (SSSR count). The first-order chi connectivity index (χ1) is 13.8. The van der Waals surface area contributed by atoms with Crippen LogP contribution in [-0.2, 0) is 8.85 Å². The summed E-state index contributed by atoms with van der Waals surface area (Å²) in [5, 5.41) is 0. The summed E-state index contributed by atoms with van der Waals surface area (Å²) in [6.07, 6.45) is 7.39. The van der Waals surface area contributed by atoms with E-state index in [-0.39, 0.29) is 0 Å². The van der Waals surface area contributed by atoms with Crippen LogP contribution in [0.3, 0.4) is 0 Å². The van der Waals surface area contributed by atoms with Gasteiger partial charge in [-0.1, -0.05) is 61.8 Å². The first-order valence-corrected chi connectivity index (χ1v) is 18.2. The van der Waals surface area contributed by atoms with Gasteiger partial charge in [0.15, 0.2) is 16.6 Å². The van der Waals surface area contributed by atoms with Crippen LogP contribution >= 0.6 is 0 Å². The highest BCUT2D eigenvalue weighted by Crippen LogP contribution is 2.59. The van der Waals surface area contributed by atoms with Gasteiger partial charge in [-0.3, -0.25) is 0 Å². The zero-order chi connectivity index (χ0) is 21.7. The highest BCUT2D eigenvalue weighted by molar-refractivity contribution is 6.74. The van der Waals surface area contributed by atoms with Gasteiger partial charge in [-0.2, -0.15) is 0 Å². The Morgan fingerprint density at radius 1 is 0.828 bits per heavy atom. The Morgan fingerprint density at radius 2 is 1.38 bits per heavy atom. The lowest BCUT2D eigenvalue weighted by Crippen LogP contribution is -2.49. The average molecular weight is 441 g/mol. The number of hydrogen-bond donors (Lipinski definition) is 0. The maximum Gasteiger partial charge on any atom is 0.192 e. The van der Waals surface area contributed by atoms with Crippen molar-refractivity contribution in [3.63, 3.8) is 0 Å². The largest absolute Gasteiger partial charge is 0.417 e. The van der Waals surface area contributed by atoms with Crippen molar-refractivity contribution in [1.29, 1.82) is 0 Å². The molecule has 2 aliphatic carbocycles. The molecule has 29 heavy (non-hydrogen) atoms. The summed E-state index contributed by atoms with van der Waals surface area (Å²) in [6.45, 7) is 20.3. The summed E-state index contributed by atoms with van der Waals surface area (Å²) in [4.78, 5) is 0. The smallest absolute Gasteiger partial charge is 0.192 e. The van der Waals surface area contributed by atoms with Crippen molar-refractivity contribution in [3.05, 3.63) is 0 Å². The lowest BCUT2D eigenvalue weighted by atomic mass is 9.62. The van der Waals surface area contributed by atoms with Gasteiger partial charge in [0.1, 0.15) is 0 Å². The van der Waals surface area contributed by atoms with E-state index >= 15 is 0 Å². The van der Waals surface area contributed by atoms with E-state index in [4.69, 9.17) is 8.85 Å². The second-order valence-electron chi connectivity index (χ2n) is 10.6. The monoisotopic (exact) mass is 440 g/mol. The van der Waals surface area contributed by atoms with Crippen LogP contribution in [-0.4, -0.2) is 29.3 Å². The van der Waals surface area contributed by atoms with E-state index < -0.39 is 16.6 Å².